The number of hydrogen-bond donors (Lipinski definition) is 1. The molecule has 1 aromatic rings. The number of rotatable bonds is 3. The lowest BCUT2D eigenvalue weighted by Crippen LogP contribution is -2.26. The van der Waals surface area contributed by atoms with Crippen molar-refractivity contribution < 1.29 is 9.47 Å². The van der Waals surface area contributed by atoms with Crippen LogP contribution in [0.15, 0.2) is 30.4 Å². The van der Waals surface area contributed by atoms with Crippen molar-refractivity contribution in [2.75, 3.05) is 13.2 Å². The predicted octanol–water partition coefficient (Wildman–Crippen LogP) is 2.27. The summed E-state index contributed by atoms with van der Waals surface area (Å²) in [6, 6.07) is 6.67. The summed E-state index contributed by atoms with van der Waals surface area (Å²) in [5, 5.41) is 3.55. The first-order chi connectivity index (χ1) is 8.43. The maximum Gasteiger partial charge on any atom is 0.165 e. The van der Waals surface area contributed by atoms with E-state index in [1.165, 1.54) is 5.56 Å². The van der Waals surface area contributed by atoms with Gasteiger partial charge in [0.2, 0.25) is 0 Å². The molecule has 0 unspecified atom stereocenters. The molecule has 17 heavy (non-hydrogen) atoms. The average Bonchev–Trinajstić information content (AvgIpc) is 2.89. The molecule has 1 aliphatic carbocycles. The number of para-hydroxylation sites is 1. The van der Waals surface area contributed by atoms with Crippen molar-refractivity contribution in [3.05, 3.63) is 35.9 Å². The molecule has 0 aromatic heterocycles. The maximum absolute atomic E-state index is 5.69. The Morgan fingerprint density at radius 2 is 1.94 bits per heavy atom. The lowest BCUT2D eigenvalue weighted by Gasteiger charge is -2.22. The molecule has 0 radical (unpaired) electrons. The van der Waals surface area contributed by atoms with Crippen molar-refractivity contribution >= 4 is 0 Å². The van der Waals surface area contributed by atoms with Crippen molar-refractivity contribution in [3.63, 3.8) is 0 Å². The molecule has 3 rings (SSSR count). The molecule has 0 spiro atoms. The monoisotopic (exact) mass is 231 g/mol. The smallest absolute Gasteiger partial charge is 0.165 e. The molecule has 0 bridgehead atoms. The molecule has 1 aromatic carbocycles. The van der Waals surface area contributed by atoms with E-state index in [9.17, 15) is 0 Å². The minimum absolute atomic E-state index is 0.579. The van der Waals surface area contributed by atoms with Gasteiger partial charge in [0.1, 0.15) is 13.2 Å². The van der Waals surface area contributed by atoms with Crippen LogP contribution in [0.1, 0.15) is 18.4 Å². The van der Waals surface area contributed by atoms with Gasteiger partial charge in [-0.05, 0) is 18.9 Å². The van der Waals surface area contributed by atoms with Gasteiger partial charge in [0, 0.05) is 18.2 Å². The van der Waals surface area contributed by atoms with E-state index in [2.05, 4.69) is 23.5 Å². The highest BCUT2D eigenvalue weighted by Gasteiger charge is 2.16. The van der Waals surface area contributed by atoms with Crippen LogP contribution < -0.4 is 14.8 Å². The van der Waals surface area contributed by atoms with E-state index in [1.54, 1.807) is 0 Å². The average molecular weight is 231 g/mol. The second-order valence-corrected chi connectivity index (χ2v) is 4.46. The first-order valence-corrected chi connectivity index (χ1v) is 6.19. The summed E-state index contributed by atoms with van der Waals surface area (Å²) in [6.07, 6.45) is 6.73. The molecule has 90 valence electrons. The Morgan fingerprint density at radius 3 is 2.82 bits per heavy atom. The van der Waals surface area contributed by atoms with Crippen LogP contribution in [0.5, 0.6) is 11.5 Å². The lowest BCUT2D eigenvalue weighted by molar-refractivity contribution is 0.169. The van der Waals surface area contributed by atoms with Crippen LogP contribution >= 0.6 is 0 Å². The largest absolute Gasteiger partial charge is 0.486 e. The minimum atomic E-state index is 0.579. The molecule has 0 saturated heterocycles. The molecule has 1 heterocycles. The molecular weight excluding hydrogens is 214 g/mol. The van der Waals surface area contributed by atoms with Gasteiger partial charge in [-0.2, -0.15) is 0 Å². The van der Waals surface area contributed by atoms with Crippen LogP contribution in [-0.4, -0.2) is 19.3 Å². The SMILES string of the molecule is C1=CCC(NCc2cccc3c2OCCO3)C1. The number of benzene rings is 1. The predicted molar refractivity (Wildman–Crippen MR) is 66.4 cm³/mol. The van der Waals surface area contributed by atoms with Crippen molar-refractivity contribution in [1.29, 1.82) is 0 Å². The summed E-state index contributed by atoms with van der Waals surface area (Å²) >= 11 is 0. The third-order valence-corrected chi connectivity index (χ3v) is 3.24. The fourth-order valence-electron chi connectivity index (χ4n) is 2.31. The summed E-state index contributed by atoms with van der Waals surface area (Å²) in [7, 11) is 0. The van der Waals surface area contributed by atoms with Crippen LogP contribution in [0.4, 0.5) is 0 Å². The van der Waals surface area contributed by atoms with E-state index >= 15 is 0 Å². The lowest BCUT2D eigenvalue weighted by atomic mass is 10.1. The fourth-order valence-corrected chi connectivity index (χ4v) is 2.31. The zero-order chi connectivity index (χ0) is 11.5. The minimum Gasteiger partial charge on any atom is -0.486 e. The van der Waals surface area contributed by atoms with Crippen LogP contribution in [0.25, 0.3) is 0 Å². The highest BCUT2D eigenvalue weighted by Crippen LogP contribution is 2.33. The second-order valence-electron chi connectivity index (χ2n) is 4.46. The molecule has 1 aliphatic heterocycles. The van der Waals surface area contributed by atoms with Crippen LogP contribution in [0.3, 0.4) is 0 Å². The summed E-state index contributed by atoms with van der Waals surface area (Å²) in [4.78, 5) is 0. The van der Waals surface area contributed by atoms with Gasteiger partial charge in [-0.15, -0.1) is 0 Å². The number of fused-ring (bicyclic) bond motifs is 1. The number of nitrogens with one attached hydrogen (secondary N) is 1. The van der Waals surface area contributed by atoms with E-state index in [4.69, 9.17) is 9.47 Å². The number of hydrogen-bond acceptors (Lipinski definition) is 3. The molecule has 0 amide bonds. The maximum atomic E-state index is 5.69. The van der Waals surface area contributed by atoms with Crippen molar-refractivity contribution in [3.8, 4) is 11.5 Å². The first kappa shape index (κ1) is 10.7. The third-order valence-electron chi connectivity index (χ3n) is 3.24. The second kappa shape index (κ2) is 4.80. The fraction of sp³-hybridized carbons (Fsp3) is 0.429. The molecule has 0 saturated carbocycles. The van der Waals surface area contributed by atoms with E-state index in [0.717, 1.165) is 30.9 Å². The van der Waals surface area contributed by atoms with Gasteiger partial charge >= 0.3 is 0 Å². The Hall–Kier alpha value is -1.48. The van der Waals surface area contributed by atoms with Gasteiger partial charge in [-0.3, -0.25) is 0 Å². The highest BCUT2D eigenvalue weighted by atomic mass is 16.6. The number of ether oxygens (including phenoxy) is 2. The quantitative estimate of drug-likeness (QED) is 0.809. The van der Waals surface area contributed by atoms with Crippen molar-refractivity contribution in [1.82, 2.24) is 5.32 Å². The molecule has 3 nitrogen and oxygen atoms in total. The molecule has 0 fully saturated rings. The Labute approximate surface area is 101 Å². The van der Waals surface area contributed by atoms with Crippen LogP contribution in [-0.2, 0) is 6.54 Å². The Bertz CT molecular complexity index is 420. The Kier molecular flexibility index (Phi) is 3.01. The molecule has 0 atom stereocenters. The molecular formula is C14H17NO2. The van der Waals surface area contributed by atoms with E-state index in [-0.39, 0.29) is 0 Å². The van der Waals surface area contributed by atoms with Crippen molar-refractivity contribution in [2.45, 2.75) is 25.4 Å². The Morgan fingerprint density at radius 1 is 1.12 bits per heavy atom. The zero-order valence-corrected chi connectivity index (χ0v) is 9.82. The van der Waals surface area contributed by atoms with Gasteiger partial charge in [-0.1, -0.05) is 24.3 Å². The molecule has 2 aliphatic rings. The van der Waals surface area contributed by atoms with Crippen LogP contribution in [0.2, 0.25) is 0 Å². The highest BCUT2D eigenvalue weighted by molar-refractivity contribution is 5.47. The first-order valence-electron chi connectivity index (χ1n) is 6.19. The summed E-state index contributed by atoms with van der Waals surface area (Å²) < 4.78 is 11.3. The van der Waals surface area contributed by atoms with E-state index < -0.39 is 0 Å². The van der Waals surface area contributed by atoms with Gasteiger partial charge in [-0.25, -0.2) is 0 Å². The van der Waals surface area contributed by atoms with Crippen molar-refractivity contribution in [2.24, 2.45) is 0 Å². The summed E-state index contributed by atoms with van der Waals surface area (Å²) in [5.41, 5.74) is 1.19. The zero-order valence-electron chi connectivity index (χ0n) is 9.82. The normalized spacial score (nSPS) is 18.6. The van der Waals surface area contributed by atoms with Gasteiger partial charge in [0.25, 0.3) is 0 Å². The standard InChI is InChI=1S/C14H17NO2/c1-2-6-12(5-1)15-10-11-4-3-7-13-14(11)17-9-8-16-13/h1-4,7,12,15H,5-6,8-10H2. The summed E-state index contributed by atoms with van der Waals surface area (Å²) in [6.45, 7) is 2.14. The Balaban J connectivity index is 1.69. The third kappa shape index (κ3) is 2.29. The topological polar surface area (TPSA) is 30.5 Å². The molecule has 3 heteroatoms. The molecule has 1 N–H and O–H groups in total. The van der Waals surface area contributed by atoms with E-state index in [0.29, 0.717) is 19.3 Å². The van der Waals surface area contributed by atoms with Crippen LogP contribution in [0, 0.1) is 0 Å². The van der Waals surface area contributed by atoms with Gasteiger partial charge in [0.15, 0.2) is 11.5 Å². The van der Waals surface area contributed by atoms with Gasteiger partial charge < -0.3 is 14.8 Å². The summed E-state index contributed by atoms with van der Waals surface area (Å²) in [5.74, 6) is 1.79. The van der Waals surface area contributed by atoms with Gasteiger partial charge in [0.05, 0.1) is 0 Å². The van der Waals surface area contributed by atoms with E-state index in [1.807, 2.05) is 12.1 Å².